The van der Waals surface area contributed by atoms with Crippen LogP contribution < -0.4 is 10.6 Å². The summed E-state index contributed by atoms with van der Waals surface area (Å²) < 4.78 is 0. The summed E-state index contributed by atoms with van der Waals surface area (Å²) in [6.45, 7) is 5.20. The van der Waals surface area contributed by atoms with Gasteiger partial charge in [-0.1, -0.05) is 13.0 Å². The predicted molar refractivity (Wildman–Crippen MR) is 71.1 cm³/mol. The van der Waals surface area contributed by atoms with Crippen molar-refractivity contribution < 1.29 is 4.79 Å². The van der Waals surface area contributed by atoms with Gasteiger partial charge in [0.1, 0.15) is 0 Å². The van der Waals surface area contributed by atoms with Gasteiger partial charge in [-0.15, -0.1) is 11.3 Å². The van der Waals surface area contributed by atoms with Crippen molar-refractivity contribution in [2.24, 2.45) is 5.92 Å². The van der Waals surface area contributed by atoms with Gasteiger partial charge in [-0.25, -0.2) is 0 Å². The zero-order valence-electron chi connectivity index (χ0n) is 10.4. The van der Waals surface area contributed by atoms with Gasteiger partial charge >= 0.3 is 0 Å². The third-order valence-electron chi connectivity index (χ3n) is 3.31. The van der Waals surface area contributed by atoms with Gasteiger partial charge in [0.25, 0.3) is 0 Å². The Morgan fingerprint density at radius 3 is 3.12 bits per heavy atom. The highest BCUT2D eigenvalue weighted by Gasteiger charge is 2.25. The van der Waals surface area contributed by atoms with E-state index in [1.54, 1.807) is 11.3 Å². The first-order valence-electron chi connectivity index (χ1n) is 6.24. The van der Waals surface area contributed by atoms with E-state index < -0.39 is 0 Å². The molecule has 1 aromatic heterocycles. The molecule has 1 aliphatic heterocycles. The van der Waals surface area contributed by atoms with Crippen LogP contribution in [0.2, 0.25) is 0 Å². The third kappa shape index (κ3) is 3.30. The van der Waals surface area contributed by atoms with Gasteiger partial charge in [-0.3, -0.25) is 4.79 Å². The van der Waals surface area contributed by atoms with Crippen molar-refractivity contribution in [1.29, 1.82) is 0 Å². The SMILES string of the molecule is CC1CCNC(C(=O)NC(C)c2cccs2)C1. The van der Waals surface area contributed by atoms with E-state index in [1.165, 1.54) is 11.3 Å². The summed E-state index contributed by atoms with van der Waals surface area (Å²) in [6, 6.07) is 4.18. The number of thiophene rings is 1. The minimum Gasteiger partial charge on any atom is -0.347 e. The third-order valence-corrected chi connectivity index (χ3v) is 4.37. The lowest BCUT2D eigenvalue weighted by atomic mass is 9.94. The Labute approximate surface area is 107 Å². The molecule has 0 aliphatic carbocycles. The number of hydrogen-bond donors (Lipinski definition) is 2. The van der Waals surface area contributed by atoms with E-state index in [4.69, 9.17) is 0 Å². The maximum Gasteiger partial charge on any atom is 0.237 e. The molecule has 1 fully saturated rings. The van der Waals surface area contributed by atoms with Crippen molar-refractivity contribution in [3.63, 3.8) is 0 Å². The van der Waals surface area contributed by atoms with Crippen LogP contribution in [0.15, 0.2) is 17.5 Å². The molecule has 4 heteroatoms. The van der Waals surface area contributed by atoms with Crippen molar-refractivity contribution in [2.75, 3.05) is 6.54 Å². The average Bonchev–Trinajstić information content (AvgIpc) is 2.82. The lowest BCUT2D eigenvalue weighted by Crippen LogP contribution is -2.48. The number of carbonyl (C=O) groups is 1. The summed E-state index contributed by atoms with van der Waals surface area (Å²) in [6.07, 6.45) is 2.12. The van der Waals surface area contributed by atoms with Crippen molar-refractivity contribution in [1.82, 2.24) is 10.6 Å². The predicted octanol–water partition coefficient (Wildman–Crippen LogP) is 2.31. The van der Waals surface area contributed by atoms with E-state index in [0.29, 0.717) is 5.92 Å². The first-order valence-corrected chi connectivity index (χ1v) is 7.12. The molecule has 1 amide bonds. The van der Waals surface area contributed by atoms with E-state index in [2.05, 4.69) is 23.6 Å². The molecular formula is C13H20N2OS. The number of piperidine rings is 1. The second-order valence-corrected chi connectivity index (χ2v) is 5.86. The number of nitrogens with one attached hydrogen (secondary N) is 2. The molecule has 0 bridgehead atoms. The van der Waals surface area contributed by atoms with Crippen LogP contribution in [0.3, 0.4) is 0 Å². The molecule has 1 aliphatic rings. The van der Waals surface area contributed by atoms with E-state index >= 15 is 0 Å². The van der Waals surface area contributed by atoms with Crippen LogP contribution in [0, 0.1) is 5.92 Å². The lowest BCUT2D eigenvalue weighted by Gasteiger charge is -2.28. The highest BCUT2D eigenvalue weighted by molar-refractivity contribution is 7.10. The summed E-state index contributed by atoms with van der Waals surface area (Å²) in [5.41, 5.74) is 0. The fourth-order valence-electron chi connectivity index (χ4n) is 2.23. The second kappa shape index (κ2) is 5.65. The van der Waals surface area contributed by atoms with E-state index in [9.17, 15) is 4.79 Å². The highest BCUT2D eigenvalue weighted by atomic mass is 32.1. The minimum atomic E-state index is -0.0128. The molecule has 1 saturated heterocycles. The van der Waals surface area contributed by atoms with Crippen molar-refractivity contribution in [2.45, 2.75) is 38.8 Å². The summed E-state index contributed by atoms with van der Waals surface area (Å²) in [4.78, 5) is 13.3. The largest absolute Gasteiger partial charge is 0.347 e. The Morgan fingerprint density at radius 1 is 1.65 bits per heavy atom. The standard InChI is InChI=1S/C13H20N2OS/c1-9-5-6-14-11(8-9)13(16)15-10(2)12-4-3-7-17-12/h3-4,7,9-11,14H,5-6,8H2,1-2H3,(H,15,16). The molecule has 0 spiro atoms. The van der Waals surface area contributed by atoms with Gasteiger partial charge < -0.3 is 10.6 Å². The smallest absolute Gasteiger partial charge is 0.237 e. The quantitative estimate of drug-likeness (QED) is 0.867. The van der Waals surface area contributed by atoms with Gasteiger partial charge in [-0.2, -0.15) is 0 Å². The lowest BCUT2D eigenvalue weighted by molar-refractivity contribution is -0.124. The molecule has 2 N–H and O–H groups in total. The minimum absolute atomic E-state index is 0.0128. The summed E-state index contributed by atoms with van der Waals surface area (Å²) in [5.74, 6) is 0.779. The van der Waals surface area contributed by atoms with Crippen molar-refractivity contribution in [3.05, 3.63) is 22.4 Å². The van der Waals surface area contributed by atoms with Gasteiger partial charge in [0.15, 0.2) is 0 Å². The van der Waals surface area contributed by atoms with E-state index in [0.717, 1.165) is 13.0 Å². The fraction of sp³-hybridized carbons (Fsp3) is 0.615. The number of hydrogen-bond acceptors (Lipinski definition) is 3. The van der Waals surface area contributed by atoms with Crippen LogP contribution in [0.25, 0.3) is 0 Å². The molecule has 2 rings (SSSR count). The molecule has 0 aromatic carbocycles. The maximum atomic E-state index is 12.1. The van der Waals surface area contributed by atoms with Gasteiger partial charge in [0.05, 0.1) is 12.1 Å². The zero-order valence-corrected chi connectivity index (χ0v) is 11.2. The molecule has 17 heavy (non-hydrogen) atoms. The monoisotopic (exact) mass is 252 g/mol. The number of amides is 1. The average molecular weight is 252 g/mol. The molecule has 3 nitrogen and oxygen atoms in total. The highest BCUT2D eigenvalue weighted by Crippen LogP contribution is 2.20. The number of rotatable bonds is 3. The van der Waals surface area contributed by atoms with Crippen LogP contribution in [0.1, 0.15) is 37.6 Å². The normalized spacial score (nSPS) is 26.5. The molecule has 1 aromatic rings. The van der Waals surface area contributed by atoms with Crippen molar-refractivity contribution in [3.8, 4) is 0 Å². The summed E-state index contributed by atoms with van der Waals surface area (Å²) in [5, 5.41) is 8.41. The molecule has 0 radical (unpaired) electrons. The summed E-state index contributed by atoms with van der Waals surface area (Å²) >= 11 is 1.69. The van der Waals surface area contributed by atoms with Crippen LogP contribution in [0.4, 0.5) is 0 Å². The zero-order chi connectivity index (χ0) is 12.3. The number of carbonyl (C=O) groups excluding carboxylic acids is 1. The Kier molecular flexibility index (Phi) is 4.18. The summed E-state index contributed by atoms with van der Waals surface area (Å²) in [7, 11) is 0. The van der Waals surface area contributed by atoms with E-state index in [-0.39, 0.29) is 18.0 Å². The fourth-order valence-corrected chi connectivity index (χ4v) is 2.96. The van der Waals surface area contributed by atoms with Crippen LogP contribution in [-0.4, -0.2) is 18.5 Å². The molecule has 3 atom stereocenters. The first-order chi connectivity index (χ1) is 8.16. The molecule has 2 heterocycles. The second-order valence-electron chi connectivity index (χ2n) is 4.88. The van der Waals surface area contributed by atoms with Crippen LogP contribution in [-0.2, 0) is 4.79 Å². The van der Waals surface area contributed by atoms with Gasteiger partial charge in [0, 0.05) is 4.88 Å². The van der Waals surface area contributed by atoms with Gasteiger partial charge in [0.2, 0.25) is 5.91 Å². The Morgan fingerprint density at radius 2 is 2.47 bits per heavy atom. The molecule has 0 saturated carbocycles. The molecule has 3 unspecified atom stereocenters. The molecule has 94 valence electrons. The van der Waals surface area contributed by atoms with Crippen molar-refractivity contribution >= 4 is 17.2 Å². The maximum absolute atomic E-state index is 12.1. The Bertz CT molecular complexity index is 364. The van der Waals surface area contributed by atoms with Crippen LogP contribution in [0.5, 0.6) is 0 Å². The topological polar surface area (TPSA) is 41.1 Å². The Balaban J connectivity index is 1.88. The Hall–Kier alpha value is -0.870. The van der Waals surface area contributed by atoms with E-state index in [1.807, 2.05) is 18.4 Å². The molecular weight excluding hydrogens is 232 g/mol. The first kappa shape index (κ1) is 12.6. The van der Waals surface area contributed by atoms with Crippen LogP contribution >= 0.6 is 11.3 Å². The van der Waals surface area contributed by atoms with Gasteiger partial charge in [-0.05, 0) is 43.7 Å².